The second kappa shape index (κ2) is 3.94. The van der Waals surface area contributed by atoms with E-state index in [4.69, 9.17) is 23.2 Å². The van der Waals surface area contributed by atoms with Crippen LogP contribution in [0, 0.1) is 0 Å². The molecule has 14 heavy (non-hydrogen) atoms. The van der Waals surface area contributed by atoms with Crippen LogP contribution in [0.3, 0.4) is 0 Å². The number of hydrogen-bond donors (Lipinski definition) is 0. The maximum Gasteiger partial charge on any atom is 0.137 e. The van der Waals surface area contributed by atoms with Crippen molar-refractivity contribution in [2.24, 2.45) is 0 Å². The van der Waals surface area contributed by atoms with Gasteiger partial charge in [-0.15, -0.1) is 0 Å². The van der Waals surface area contributed by atoms with Gasteiger partial charge in [-0.1, -0.05) is 23.2 Å². The van der Waals surface area contributed by atoms with E-state index >= 15 is 0 Å². The number of hydrogen-bond acceptors (Lipinski definition) is 3. The Bertz CT molecular complexity index is 427. The van der Waals surface area contributed by atoms with E-state index in [1.54, 1.807) is 23.3 Å². The van der Waals surface area contributed by atoms with Crippen LogP contribution in [-0.4, -0.2) is 19.7 Å². The van der Waals surface area contributed by atoms with E-state index in [9.17, 15) is 0 Å². The molecule has 0 aliphatic heterocycles. The van der Waals surface area contributed by atoms with Gasteiger partial charge >= 0.3 is 0 Å². The van der Waals surface area contributed by atoms with Crippen LogP contribution in [0.1, 0.15) is 5.56 Å². The van der Waals surface area contributed by atoms with Gasteiger partial charge in [0.15, 0.2) is 0 Å². The van der Waals surface area contributed by atoms with E-state index in [0.717, 1.165) is 5.56 Å². The summed E-state index contributed by atoms with van der Waals surface area (Å²) in [4.78, 5) is 7.77. The Morgan fingerprint density at radius 1 is 1.36 bits per heavy atom. The van der Waals surface area contributed by atoms with Gasteiger partial charge in [-0.3, -0.25) is 0 Å². The number of halogens is 2. The summed E-state index contributed by atoms with van der Waals surface area (Å²) in [6.45, 7) is 0.545. The molecule has 2 heterocycles. The molecule has 0 aliphatic rings. The molecule has 0 bridgehead atoms. The minimum absolute atomic E-state index is 0.386. The maximum absolute atomic E-state index is 5.96. The summed E-state index contributed by atoms with van der Waals surface area (Å²) in [5, 5.41) is 4.93. The molecule has 0 fully saturated rings. The molecule has 2 aromatic heterocycles. The summed E-state index contributed by atoms with van der Waals surface area (Å²) < 4.78 is 1.66. The largest absolute Gasteiger partial charge is 0.248 e. The first-order valence-electron chi connectivity index (χ1n) is 3.88. The molecule has 0 saturated heterocycles. The molecule has 2 aromatic rings. The Hall–Kier alpha value is -1.13. The SMILES string of the molecule is Clc1cc(Cl)c(Cn2cncn2)cn1. The predicted octanol–water partition coefficient (Wildman–Crippen LogP) is 2.03. The average Bonchev–Trinajstić information content (AvgIpc) is 2.62. The standard InChI is InChI=1S/C8H6Cl2N4/c9-7-1-8(10)12-2-6(7)3-14-5-11-4-13-14/h1-2,4-5H,3H2. The van der Waals surface area contributed by atoms with Gasteiger partial charge in [0.25, 0.3) is 0 Å². The monoisotopic (exact) mass is 228 g/mol. The topological polar surface area (TPSA) is 43.6 Å². The van der Waals surface area contributed by atoms with Crippen molar-refractivity contribution in [1.29, 1.82) is 0 Å². The van der Waals surface area contributed by atoms with Crippen molar-refractivity contribution in [1.82, 2.24) is 19.7 Å². The van der Waals surface area contributed by atoms with Crippen LogP contribution in [0.5, 0.6) is 0 Å². The van der Waals surface area contributed by atoms with Gasteiger partial charge in [-0.2, -0.15) is 5.10 Å². The molecule has 0 radical (unpaired) electrons. The summed E-state index contributed by atoms with van der Waals surface area (Å²) in [6, 6.07) is 1.61. The summed E-state index contributed by atoms with van der Waals surface area (Å²) >= 11 is 11.6. The third-order valence-corrected chi connectivity index (χ3v) is 2.25. The Morgan fingerprint density at radius 3 is 2.86 bits per heavy atom. The number of nitrogens with zero attached hydrogens (tertiary/aromatic N) is 4. The lowest BCUT2D eigenvalue weighted by Gasteiger charge is -2.03. The zero-order valence-electron chi connectivity index (χ0n) is 7.06. The first kappa shape index (κ1) is 9.43. The fraction of sp³-hybridized carbons (Fsp3) is 0.125. The number of aromatic nitrogens is 4. The lowest BCUT2D eigenvalue weighted by molar-refractivity contribution is 0.683. The van der Waals surface area contributed by atoms with Crippen LogP contribution in [-0.2, 0) is 6.54 Å². The van der Waals surface area contributed by atoms with Crippen molar-refractivity contribution in [2.45, 2.75) is 6.54 Å². The van der Waals surface area contributed by atoms with E-state index in [2.05, 4.69) is 15.1 Å². The van der Waals surface area contributed by atoms with Crippen molar-refractivity contribution in [3.05, 3.63) is 40.7 Å². The van der Waals surface area contributed by atoms with E-state index < -0.39 is 0 Å². The second-order valence-electron chi connectivity index (χ2n) is 2.69. The molecule has 0 atom stereocenters. The van der Waals surface area contributed by atoms with E-state index in [1.165, 1.54) is 6.33 Å². The summed E-state index contributed by atoms with van der Waals surface area (Å²) in [7, 11) is 0. The fourth-order valence-electron chi connectivity index (χ4n) is 1.04. The Balaban J connectivity index is 2.25. The van der Waals surface area contributed by atoms with Gasteiger partial charge in [0.2, 0.25) is 0 Å². The first-order valence-corrected chi connectivity index (χ1v) is 4.63. The third-order valence-electron chi connectivity index (χ3n) is 1.70. The lowest BCUT2D eigenvalue weighted by Crippen LogP contribution is -2.01. The molecular formula is C8H6Cl2N4. The van der Waals surface area contributed by atoms with Crippen LogP contribution >= 0.6 is 23.2 Å². The Morgan fingerprint density at radius 2 is 2.21 bits per heavy atom. The molecular weight excluding hydrogens is 223 g/mol. The normalized spacial score (nSPS) is 10.4. The van der Waals surface area contributed by atoms with Gasteiger partial charge in [-0.25, -0.2) is 14.6 Å². The highest BCUT2D eigenvalue weighted by Gasteiger charge is 2.03. The molecule has 0 saturated carbocycles. The molecule has 72 valence electrons. The Labute approximate surface area is 90.5 Å². The van der Waals surface area contributed by atoms with Crippen LogP contribution in [0.2, 0.25) is 10.2 Å². The van der Waals surface area contributed by atoms with Crippen molar-refractivity contribution in [3.63, 3.8) is 0 Å². The average molecular weight is 229 g/mol. The highest BCUT2D eigenvalue weighted by Crippen LogP contribution is 2.18. The molecule has 2 rings (SSSR count). The quantitative estimate of drug-likeness (QED) is 0.740. The number of rotatable bonds is 2. The lowest BCUT2D eigenvalue weighted by atomic mass is 10.3. The smallest absolute Gasteiger partial charge is 0.137 e. The summed E-state index contributed by atoms with van der Waals surface area (Å²) in [5.74, 6) is 0. The number of pyridine rings is 1. The zero-order valence-corrected chi connectivity index (χ0v) is 8.57. The van der Waals surface area contributed by atoms with E-state index in [1.807, 2.05) is 0 Å². The molecule has 6 heteroatoms. The van der Waals surface area contributed by atoms with Gasteiger partial charge in [0.1, 0.15) is 17.8 Å². The summed E-state index contributed by atoms with van der Waals surface area (Å²) in [6.07, 6.45) is 4.72. The molecule has 0 N–H and O–H groups in total. The third kappa shape index (κ3) is 2.02. The summed E-state index contributed by atoms with van der Waals surface area (Å²) in [5.41, 5.74) is 0.863. The molecule has 0 aliphatic carbocycles. The van der Waals surface area contributed by atoms with Crippen molar-refractivity contribution >= 4 is 23.2 Å². The minimum atomic E-state index is 0.386. The van der Waals surface area contributed by atoms with Crippen molar-refractivity contribution in [2.75, 3.05) is 0 Å². The van der Waals surface area contributed by atoms with Crippen LogP contribution in [0.15, 0.2) is 24.9 Å². The highest BCUT2D eigenvalue weighted by molar-refractivity contribution is 6.34. The maximum atomic E-state index is 5.96. The molecule has 0 unspecified atom stereocenters. The molecule has 0 aromatic carbocycles. The fourth-order valence-corrected chi connectivity index (χ4v) is 1.47. The van der Waals surface area contributed by atoms with Crippen LogP contribution < -0.4 is 0 Å². The van der Waals surface area contributed by atoms with Gasteiger partial charge < -0.3 is 0 Å². The van der Waals surface area contributed by atoms with E-state index in [-0.39, 0.29) is 0 Å². The minimum Gasteiger partial charge on any atom is -0.248 e. The molecule has 4 nitrogen and oxygen atoms in total. The Kier molecular flexibility index (Phi) is 2.65. The zero-order chi connectivity index (χ0) is 9.97. The van der Waals surface area contributed by atoms with Crippen molar-refractivity contribution < 1.29 is 0 Å². The predicted molar refractivity (Wildman–Crippen MR) is 53.4 cm³/mol. The highest BCUT2D eigenvalue weighted by atomic mass is 35.5. The van der Waals surface area contributed by atoms with Crippen LogP contribution in [0.4, 0.5) is 0 Å². The van der Waals surface area contributed by atoms with Crippen molar-refractivity contribution in [3.8, 4) is 0 Å². The van der Waals surface area contributed by atoms with Gasteiger partial charge in [0, 0.05) is 11.8 Å². The van der Waals surface area contributed by atoms with Crippen LogP contribution in [0.25, 0.3) is 0 Å². The van der Waals surface area contributed by atoms with Gasteiger partial charge in [0.05, 0.1) is 11.6 Å². The first-order chi connectivity index (χ1) is 6.75. The molecule has 0 spiro atoms. The van der Waals surface area contributed by atoms with Gasteiger partial charge in [-0.05, 0) is 6.07 Å². The molecule has 0 amide bonds. The van der Waals surface area contributed by atoms with E-state index in [0.29, 0.717) is 16.7 Å². The second-order valence-corrected chi connectivity index (χ2v) is 3.49.